The quantitative estimate of drug-likeness (QED) is 0.871. The van der Waals surface area contributed by atoms with Crippen LogP contribution in [0.4, 0.5) is 15.3 Å². The number of nitrogens with one attached hydrogen (secondary N) is 2. The van der Waals surface area contributed by atoms with Crippen molar-refractivity contribution in [2.45, 2.75) is 18.6 Å². The van der Waals surface area contributed by atoms with Crippen molar-refractivity contribution in [1.29, 1.82) is 0 Å². The Balaban J connectivity index is 1.33. The SMILES string of the molecule is CC1(c2cccc(NC(=O)N3CC(Oc4ccccc4)C3)c2)COC(=O)N1. The molecule has 2 fully saturated rings. The van der Waals surface area contributed by atoms with Gasteiger partial charge in [0, 0.05) is 5.69 Å². The number of hydrogen-bond acceptors (Lipinski definition) is 4. The molecule has 3 amide bonds. The Morgan fingerprint density at radius 2 is 2.00 bits per heavy atom. The summed E-state index contributed by atoms with van der Waals surface area (Å²) in [6.45, 7) is 3.23. The number of nitrogens with zero attached hydrogens (tertiary/aromatic N) is 1. The number of amides is 3. The minimum atomic E-state index is -0.594. The Kier molecular flexibility index (Phi) is 4.35. The fraction of sp³-hybridized carbons (Fsp3) is 0.300. The van der Waals surface area contributed by atoms with Gasteiger partial charge in [-0.15, -0.1) is 0 Å². The van der Waals surface area contributed by atoms with Gasteiger partial charge in [0.15, 0.2) is 0 Å². The third-order valence-corrected chi connectivity index (χ3v) is 4.80. The second kappa shape index (κ2) is 6.83. The number of hydrogen-bond donors (Lipinski definition) is 2. The van der Waals surface area contributed by atoms with Crippen LogP contribution < -0.4 is 15.4 Å². The zero-order chi connectivity index (χ0) is 18.9. The number of carbonyl (C=O) groups is 2. The van der Waals surface area contributed by atoms with Gasteiger partial charge in [0.2, 0.25) is 0 Å². The van der Waals surface area contributed by atoms with Gasteiger partial charge in [-0.25, -0.2) is 9.59 Å². The van der Waals surface area contributed by atoms with Crippen LogP contribution in [-0.2, 0) is 10.3 Å². The second-order valence-corrected chi connectivity index (χ2v) is 7.00. The maximum Gasteiger partial charge on any atom is 0.408 e. The number of likely N-dealkylation sites (tertiary alicyclic amines) is 1. The lowest BCUT2D eigenvalue weighted by atomic mass is 9.93. The van der Waals surface area contributed by atoms with Gasteiger partial charge in [0.05, 0.1) is 18.6 Å². The summed E-state index contributed by atoms with van der Waals surface area (Å²) in [6.07, 6.45) is -0.425. The van der Waals surface area contributed by atoms with E-state index in [1.54, 1.807) is 4.90 Å². The van der Waals surface area contributed by atoms with Crippen molar-refractivity contribution in [2.24, 2.45) is 0 Å². The van der Waals surface area contributed by atoms with E-state index in [1.807, 2.05) is 61.5 Å². The van der Waals surface area contributed by atoms with Gasteiger partial charge < -0.3 is 25.0 Å². The van der Waals surface area contributed by atoms with Crippen molar-refractivity contribution in [1.82, 2.24) is 10.2 Å². The van der Waals surface area contributed by atoms with Crippen molar-refractivity contribution in [3.05, 3.63) is 60.2 Å². The molecule has 2 saturated heterocycles. The van der Waals surface area contributed by atoms with Crippen LogP contribution in [0.5, 0.6) is 5.75 Å². The molecule has 2 aromatic rings. The van der Waals surface area contributed by atoms with Crippen molar-refractivity contribution < 1.29 is 19.1 Å². The summed E-state index contributed by atoms with van der Waals surface area (Å²) in [4.78, 5) is 25.5. The predicted molar refractivity (Wildman–Crippen MR) is 99.7 cm³/mol. The monoisotopic (exact) mass is 367 g/mol. The average molecular weight is 367 g/mol. The van der Waals surface area contributed by atoms with E-state index in [1.165, 1.54) is 0 Å². The van der Waals surface area contributed by atoms with Crippen LogP contribution in [-0.4, -0.2) is 42.8 Å². The molecule has 0 spiro atoms. The molecular weight excluding hydrogens is 346 g/mol. The molecule has 4 rings (SSSR count). The molecule has 2 aromatic carbocycles. The second-order valence-electron chi connectivity index (χ2n) is 7.00. The van der Waals surface area contributed by atoms with E-state index in [9.17, 15) is 9.59 Å². The molecule has 7 nitrogen and oxygen atoms in total. The highest BCUT2D eigenvalue weighted by Gasteiger charge is 2.37. The first-order valence-electron chi connectivity index (χ1n) is 8.85. The van der Waals surface area contributed by atoms with E-state index in [-0.39, 0.29) is 18.7 Å². The molecule has 2 heterocycles. The first kappa shape index (κ1) is 17.2. The van der Waals surface area contributed by atoms with Gasteiger partial charge in [0.1, 0.15) is 18.5 Å². The number of alkyl carbamates (subject to hydrolysis) is 1. The van der Waals surface area contributed by atoms with Gasteiger partial charge in [-0.1, -0.05) is 30.3 Å². The molecule has 0 bridgehead atoms. The molecule has 0 aromatic heterocycles. The largest absolute Gasteiger partial charge is 0.487 e. The Morgan fingerprint density at radius 3 is 2.70 bits per heavy atom. The molecule has 140 valence electrons. The fourth-order valence-corrected chi connectivity index (χ4v) is 3.18. The Hall–Kier alpha value is -3.22. The van der Waals surface area contributed by atoms with E-state index in [4.69, 9.17) is 9.47 Å². The molecule has 2 aliphatic heterocycles. The minimum absolute atomic E-state index is 0.00856. The van der Waals surface area contributed by atoms with Crippen LogP contribution >= 0.6 is 0 Å². The molecule has 2 N–H and O–H groups in total. The number of anilines is 1. The highest BCUT2D eigenvalue weighted by molar-refractivity contribution is 5.90. The molecule has 0 radical (unpaired) electrons. The average Bonchev–Trinajstić information content (AvgIpc) is 2.99. The smallest absolute Gasteiger partial charge is 0.408 e. The summed E-state index contributed by atoms with van der Waals surface area (Å²) < 4.78 is 10.8. The van der Waals surface area contributed by atoms with E-state index in [2.05, 4.69) is 10.6 Å². The summed E-state index contributed by atoms with van der Waals surface area (Å²) in [5, 5.41) is 5.70. The van der Waals surface area contributed by atoms with Crippen LogP contribution in [0, 0.1) is 0 Å². The Labute approximate surface area is 157 Å². The van der Waals surface area contributed by atoms with Gasteiger partial charge in [-0.2, -0.15) is 0 Å². The van der Waals surface area contributed by atoms with Crippen LogP contribution in [0.2, 0.25) is 0 Å². The van der Waals surface area contributed by atoms with Crippen LogP contribution in [0.3, 0.4) is 0 Å². The zero-order valence-corrected chi connectivity index (χ0v) is 15.0. The molecule has 0 saturated carbocycles. The number of benzene rings is 2. The standard InChI is InChI=1S/C20H21N3O4/c1-20(13-26-19(25)22-20)14-6-5-7-15(10-14)21-18(24)23-11-17(12-23)27-16-8-3-2-4-9-16/h2-10,17H,11-13H2,1H3,(H,21,24)(H,22,25). The summed E-state index contributed by atoms with van der Waals surface area (Å²) >= 11 is 0. The number of urea groups is 1. The minimum Gasteiger partial charge on any atom is -0.487 e. The molecule has 0 aliphatic carbocycles. The lowest BCUT2D eigenvalue weighted by molar-refractivity contribution is 0.0493. The number of carbonyl (C=O) groups excluding carboxylic acids is 2. The van der Waals surface area contributed by atoms with Crippen molar-refractivity contribution in [2.75, 3.05) is 25.0 Å². The highest BCUT2D eigenvalue weighted by atomic mass is 16.6. The third kappa shape index (κ3) is 3.67. The van der Waals surface area contributed by atoms with Crippen LogP contribution in [0.1, 0.15) is 12.5 Å². The molecular formula is C20H21N3O4. The van der Waals surface area contributed by atoms with Crippen LogP contribution in [0.25, 0.3) is 0 Å². The fourth-order valence-electron chi connectivity index (χ4n) is 3.18. The van der Waals surface area contributed by atoms with Gasteiger partial charge in [-0.05, 0) is 36.8 Å². The van der Waals surface area contributed by atoms with Gasteiger partial charge in [-0.3, -0.25) is 0 Å². The van der Waals surface area contributed by atoms with E-state index in [0.29, 0.717) is 18.8 Å². The lowest BCUT2D eigenvalue weighted by Gasteiger charge is -2.38. The van der Waals surface area contributed by atoms with Crippen molar-refractivity contribution >= 4 is 17.8 Å². The summed E-state index contributed by atoms with van der Waals surface area (Å²) in [5.41, 5.74) is 0.954. The number of rotatable bonds is 4. The lowest BCUT2D eigenvalue weighted by Crippen LogP contribution is -2.57. The van der Waals surface area contributed by atoms with Gasteiger partial charge in [0.25, 0.3) is 0 Å². The zero-order valence-electron chi connectivity index (χ0n) is 15.0. The molecule has 1 atom stereocenters. The number of ether oxygens (including phenoxy) is 2. The summed E-state index contributed by atoms with van der Waals surface area (Å²) in [5.74, 6) is 0.810. The maximum atomic E-state index is 12.4. The normalized spacial score (nSPS) is 21.8. The predicted octanol–water partition coefficient (Wildman–Crippen LogP) is 2.94. The summed E-state index contributed by atoms with van der Waals surface area (Å²) in [6, 6.07) is 16.8. The molecule has 2 aliphatic rings. The maximum absolute atomic E-state index is 12.4. The molecule has 1 unspecified atom stereocenters. The summed E-state index contributed by atoms with van der Waals surface area (Å²) in [7, 11) is 0. The Morgan fingerprint density at radius 1 is 1.22 bits per heavy atom. The topological polar surface area (TPSA) is 79.9 Å². The van der Waals surface area contributed by atoms with E-state index >= 15 is 0 Å². The Bertz CT molecular complexity index is 851. The van der Waals surface area contributed by atoms with Crippen LogP contribution in [0.15, 0.2) is 54.6 Å². The molecule has 7 heteroatoms. The van der Waals surface area contributed by atoms with Crippen molar-refractivity contribution in [3.63, 3.8) is 0 Å². The first-order valence-corrected chi connectivity index (χ1v) is 8.85. The first-order chi connectivity index (χ1) is 13.0. The van der Waals surface area contributed by atoms with Gasteiger partial charge >= 0.3 is 12.1 Å². The number of para-hydroxylation sites is 1. The number of cyclic esters (lactones) is 1. The van der Waals surface area contributed by atoms with Crippen molar-refractivity contribution in [3.8, 4) is 5.75 Å². The van der Waals surface area contributed by atoms with E-state index in [0.717, 1.165) is 11.3 Å². The molecule has 27 heavy (non-hydrogen) atoms. The van der Waals surface area contributed by atoms with E-state index < -0.39 is 11.6 Å². The highest BCUT2D eigenvalue weighted by Crippen LogP contribution is 2.28. The third-order valence-electron chi connectivity index (χ3n) is 4.80.